The summed E-state index contributed by atoms with van der Waals surface area (Å²) >= 11 is 0. The lowest BCUT2D eigenvalue weighted by atomic mass is 10.1. The summed E-state index contributed by atoms with van der Waals surface area (Å²) in [4.78, 5) is -0.206. The highest BCUT2D eigenvalue weighted by Crippen LogP contribution is 2.28. The van der Waals surface area contributed by atoms with Gasteiger partial charge in [0.05, 0.1) is 15.5 Å². The van der Waals surface area contributed by atoms with E-state index in [4.69, 9.17) is 0 Å². The summed E-state index contributed by atoms with van der Waals surface area (Å²) in [6.07, 6.45) is 0. The molecule has 0 aliphatic heterocycles. The van der Waals surface area contributed by atoms with Gasteiger partial charge in [0.15, 0.2) is 0 Å². The Balaban J connectivity index is 2.11. The Morgan fingerprint density at radius 1 is 0.840 bits per heavy atom. The van der Waals surface area contributed by atoms with Crippen LogP contribution >= 0.6 is 0 Å². The molecule has 0 amide bonds. The van der Waals surface area contributed by atoms with Crippen LogP contribution in [0.1, 0.15) is 5.56 Å². The molecule has 0 radical (unpaired) electrons. The first-order valence-corrected chi connectivity index (χ1v) is 10.2. The molecule has 130 valence electrons. The van der Waals surface area contributed by atoms with Crippen LogP contribution in [0.25, 0.3) is 10.8 Å². The molecule has 0 spiro atoms. The highest BCUT2D eigenvalue weighted by atomic mass is 32.2. The fraction of sp³-hybridized carbons (Fsp3) is 0.0588. The van der Waals surface area contributed by atoms with Crippen molar-refractivity contribution in [3.63, 3.8) is 0 Å². The van der Waals surface area contributed by atoms with Crippen molar-refractivity contribution in [2.24, 2.45) is 0 Å². The highest BCUT2D eigenvalue weighted by Gasteiger charge is 2.17. The molecule has 0 aromatic heterocycles. The van der Waals surface area contributed by atoms with Crippen molar-refractivity contribution >= 4 is 36.6 Å². The molecular formula is C17H15NO5S2. The average molecular weight is 377 g/mol. The van der Waals surface area contributed by atoms with Gasteiger partial charge >= 0.3 is 0 Å². The van der Waals surface area contributed by atoms with Crippen LogP contribution in [-0.4, -0.2) is 21.4 Å². The first-order valence-electron chi connectivity index (χ1n) is 7.27. The van der Waals surface area contributed by atoms with E-state index in [-0.39, 0.29) is 15.5 Å². The van der Waals surface area contributed by atoms with Crippen molar-refractivity contribution in [3.8, 4) is 0 Å². The van der Waals surface area contributed by atoms with E-state index in [2.05, 4.69) is 4.72 Å². The Hall–Kier alpha value is -2.42. The minimum atomic E-state index is -4.39. The van der Waals surface area contributed by atoms with Gasteiger partial charge in [-0.25, -0.2) is 8.42 Å². The molecule has 3 aromatic carbocycles. The molecule has 6 nitrogen and oxygen atoms in total. The average Bonchev–Trinajstić information content (AvgIpc) is 2.54. The number of hydrogen-bond acceptors (Lipinski definition) is 4. The monoisotopic (exact) mass is 377 g/mol. The first-order chi connectivity index (χ1) is 11.7. The summed E-state index contributed by atoms with van der Waals surface area (Å²) in [7, 11) is -8.22. The second kappa shape index (κ2) is 6.14. The maximum absolute atomic E-state index is 12.6. The molecule has 0 heterocycles. The predicted molar refractivity (Wildman–Crippen MR) is 95.8 cm³/mol. The molecule has 0 aliphatic carbocycles. The third-order valence-electron chi connectivity index (χ3n) is 3.73. The minimum absolute atomic E-state index is 0.0982. The Morgan fingerprint density at radius 2 is 1.48 bits per heavy atom. The quantitative estimate of drug-likeness (QED) is 0.680. The Labute approximate surface area is 145 Å². The Bertz CT molecular complexity index is 1150. The molecule has 0 saturated carbocycles. The maximum atomic E-state index is 12.6. The SMILES string of the molecule is Cc1ccc(S(=O)(=O)Nc2cccc3ccc(S(=O)(=O)O)cc23)cc1. The van der Waals surface area contributed by atoms with Crippen LogP contribution in [0.4, 0.5) is 5.69 Å². The van der Waals surface area contributed by atoms with E-state index in [1.807, 2.05) is 6.92 Å². The molecule has 8 heteroatoms. The van der Waals surface area contributed by atoms with Gasteiger partial charge in [0, 0.05) is 5.39 Å². The summed E-state index contributed by atoms with van der Waals surface area (Å²) in [6.45, 7) is 1.85. The molecule has 0 unspecified atom stereocenters. The summed E-state index contributed by atoms with van der Waals surface area (Å²) < 4.78 is 59.5. The Morgan fingerprint density at radius 3 is 2.12 bits per heavy atom. The van der Waals surface area contributed by atoms with Crippen LogP contribution < -0.4 is 4.72 Å². The standard InChI is InChI=1S/C17H15NO5S2/c1-12-5-8-14(9-6-12)24(19,20)18-17-4-2-3-13-7-10-15(11-16(13)17)25(21,22)23/h2-11,18H,1H3,(H,21,22,23). The van der Waals surface area contributed by atoms with Gasteiger partial charge in [-0.15, -0.1) is 0 Å². The van der Waals surface area contributed by atoms with E-state index < -0.39 is 20.1 Å². The van der Waals surface area contributed by atoms with Gasteiger partial charge in [0.25, 0.3) is 20.1 Å². The summed E-state index contributed by atoms with van der Waals surface area (Å²) in [6, 6.07) is 15.3. The molecule has 0 bridgehead atoms. The lowest BCUT2D eigenvalue weighted by Crippen LogP contribution is -2.13. The molecule has 0 fully saturated rings. The van der Waals surface area contributed by atoms with Gasteiger partial charge in [-0.3, -0.25) is 9.27 Å². The number of sulfonamides is 1. The van der Waals surface area contributed by atoms with Crippen molar-refractivity contribution < 1.29 is 21.4 Å². The molecule has 0 saturated heterocycles. The van der Waals surface area contributed by atoms with E-state index in [0.717, 1.165) is 5.56 Å². The fourth-order valence-corrected chi connectivity index (χ4v) is 4.01. The Kier molecular flexibility index (Phi) is 4.28. The number of fused-ring (bicyclic) bond motifs is 1. The van der Waals surface area contributed by atoms with Crippen LogP contribution in [0.5, 0.6) is 0 Å². The molecule has 2 N–H and O–H groups in total. The van der Waals surface area contributed by atoms with Gasteiger partial charge < -0.3 is 0 Å². The van der Waals surface area contributed by atoms with Crippen molar-refractivity contribution in [2.75, 3.05) is 4.72 Å². The normalized spacial score (nSPS) is 12.2. The van der Waals surface area contributed by atoms with Crippen LogP contribution in [-0.2, 0) is 20.1 Å². The highest BCUT2D eigenvalue weighted by molar-refractivity contribution is 7.92. The molecule has 0 atom stereocenters. The van der Waals surface area contributed by atoms with E-state index in [1.54, 1.807) is 24.3 Å². The van der Waals surface area contributed by atoms with Crippen molar-refractivity contribution in [1.82, 2.24) is 0 Å². The minimum Gasteiger partial charge on any atom is -0.282 e. The first kappa shape index (κ1) is 17.4. The van der Waals surface area contributed by atoms with Gasteiger partial charge in [-0.2, -0.15) is 8.42 Å². The van der Waals surface area contributed by atoms with Crippen molar-refractivity contribution in [2.45, 2.75) is 16.7 Å². The molecule has 0 aliphatic rings. The number of hydrogen-bond donors (Lipinski definition) is 2. The van der Waals surface area contributed by atoms with Crippen LogP contribution in [0, 0.1) is 6.92 Å². The summed E-state index contributed by atoms with van der Waals surface area (Å²) in [5, 5.41) is 1.00. The fourth-order valence-electron chi connectivity index (χ4n) is 2.42. The smallest absolute Gasteiger partial charge is 0.282 e. The van der Waals surface area contributed by atoms with Crippen molar-refractivity contribution in [1.29, 1.82) is 0 Å². The zero-order chi connectivity index (χ0) is 18.2. The van der Waals surface area contributed by atoms with Crippen LogP contribution in [0.2, 0.25) is 0 Å². The van der Waals surface area contributed by atoms with E-state index in [0.29, 0.717) is 10.8 Å². The lowest BCUT2D eigenvalue weighted by Gasteiger charge is -2.11. The molecule has 3 aromatic rings. The number of benzene rings is 3. The number of nitrogens with one attached hydrogen (secondary N) is 1. The molecule has 3 rings (SSSR count). The third kappa shape index (κ3) is 3.65. The summed E-state index contributed by atoms with van der Waals surface area (Å²) in [5.41, 5.74) is 1.16. The van der Waals surface area contributed by atoms with Gasteiger partial charge in [0.2, 0.25) is 0 Å². The number of rotatable bonds is 4. The van der Waals surface area contributed by atoms with Crippen molar-refractivity contribution in [3.05, 3.63) is 66.2 Å². The van der Waals surface area contributed by atoms with E-state index >= 15 is 0 Å². The largest absolute Gasteiger partial charge is 0.294 e. The van der Waals surface area contributed by atoms with Crippen LogP contribution in [0.15, 0.2) is 70.5 Å². The zero-order valence-electron chi connectivity index (χ0n) is 13.2. The zero-order valence-corrected chi connectivity index (χ0v) is 14.8. The van der Waals surface area contributed by atoms with Gasteiger partial charge in [-0.05, 0) is 42.6 Å². The lowest BCUT2D eigenvalue weighted by molar-refractivity contribution is 0.483. The number of aryl methyl sites for hydroxylation is 1. The van der Waals surface area contributed by atoms with Crippen LogP contribution in [0.3, 0.4) is 0 Å². The number of anilines is 1. The topological polar surface area (TPSA) is 101 Å². The third-order valence-corrected chi connectivity index (χ3v) is 5.96. The van der Waals surface area contributed by atoms with E-state index in [1.165, 1.54) is 36.4 Å². The van der Waals surface area contributed by atoms with Gasteiger partial charge in [-0.1, -0.05) is 35.9 Å². The van der Waals surface area contributed by atoms with Gasteiger partial charge in [0.1, 0.15) is 0 Å². The second-order valence-electron chi connectivity index (χ2n) is 5.58. The maximum Gasteiger partial charge on any atom is 0.294 e. The molecule has 25 heavy (non-hydrogen) atoms. The second-order valence-corrected chi connectivity index (χ2v) is 8.69. The summed E-state index contributed by atoms with van der Waals surface area (Å²) in [5.74, 6) is 0. The molecular weight excluding hydrogens is 362 g/mol. The predicted octanol–water partition coefficient (Wildman–Crippen LogP) is 3.20. The van der Waals surface area contributed by atoms with E-state index in [9.17, 15) is 21.4 Å².